The molecule has 1 aromatic heterocycles. The molecule has 0 aliphatic carbocycles. The van der Waals surface area contributed by atoms with Crippen LogP contribution in [-0.4, -0.2) is 22.6 Å². The van der Waals surface area contributed by atoms with Gasteiger partial charge in [-0.1, -0.05) is 18.2 Å². The minimum Gasteiger partial charge on any atom is -0.342 e. The van der Waals surface area contributed by atoms with Gasteiger partial charge < -0.3 is 4.90 Å². The fourth-order valence-electron chi connectivity index (χ4n) is 3.60. The third-order valence-corrected chi connectivity index (χ3v) is 5.00. The van der Waals surface area contributed by atoms with Gasteiger partial charge >= 0.3 is 0 Å². The Bertz CT molecular complexity index is 1090. The van der Waals surface area contributed by atoms with Crippen molar-refractivity contribution in [2.24, 2.45) is 0 Å². The molecule has 0 atom stereocenters. The van der Waals surface area contributed by atoms with Crippen LogP contribution in [0.5, 0.6) is 0 Å². The number of halogens is 1. The molecule has 0 bridgehead atoms. The molecule has 0 spiro atoms. The van der Waals surface area contributed by atoms with Crippen molar-refractivity contribution in [2.45, 2.75) is 25.8 Å². The number of aromatic nitrogens is 2. The summed E-state index contributed by atoms with van der Waals surface area (Å²) in [7, 11) is 0. The smallest absolute Gasteiger partial charge is 0.263 e. The molecular weight excluding hydrogens is 343 g/mol. The van der Waals surface area contributed by atoms with E-state index in [0.717, 1.165) is 37.9 Å². The molecule has 5 nitrogen and oxygen atoms in total. The topological polar surface area (TPSA) is 61.9 Å². The van der Waals surface area contributed by atoms with E-state index in [4.69, 9.17) is 4.98 Å². The molecule has 0 radical (unpaired) electrons. The first-order chi connectivity index (χ1) is 13.2. The molecule has 1 fully saturated rings. The van der Waals surface area contributed by atoms with E-state index in [1.165, 1.54) is 12.1 Å². The van der Waals surface area contributed by atoms with Crippen LogP contribution in [0.3, 0.4) is 0 Å². The minimum atomic E-state index is -0.462. The summed E-state index contributed by atoms with van der Waals surface area (Å²) in [5.41, 5.74) is 1.48. The summed E-state index contributed by atoms with van der Waals surface area (Å²) in [5, 5.41) is 9.63. The number of fused-ring (bicyclic) bond motifs is 1. The van der Waals surface area contributed by atoms with Crippen molar-refractivity contribution in [3.8, 4) is 6.07 Å². The highest BCUT2D eigenvalue weighted by molar-refractivity contribution is 5.79. The molecule has 1 aliphatic heterocycles. The number of nitrogens with zero attached hydrogens (tertiary/aromatic N) is 4. The molecule has 4 rings (SSSR count). The van der Waals surface area contributed by atoms with Crippen molar-refractivity contribution in [1.82, 2.24) is 9.55 Å². The van der Waals surface area contributed by atoms with E-state index in [1.807, 2.05) is 12.1 Å². The zero-order chi connectivity index (χ0) is 18.8. The lowest BCUT2D eigenvalue weighted by Gasteiger charge is -2.30. The van der Waals surface area contributed by atoms with Crippen molar-refractivity contribution in [1.29, 1.82) is 5.26 Å². The molecule has 0 unspecified atom stereocenters. The molecule has 2 heterocycles. The van der Waals surface area contributed by atoms with Crippen LogP contribution in [0.25, 0.3) is 10.9 Å². The van der Waals surface area contributed by atoms with Crippen LogP contribution in [0, 0.1) is 17.1 Å². The summed E-state index contributed by atoms with van der Waals surface area (Å²) in [6.45, 7) is 1.89. The first kappa shape index (κ1) is 17.2. The number of anilines is 1. The van der Waals surface area contributed by atoms with Crippen LogP contribution in [0.2, 0.25) is 0 Å². The van der Waals surface area contributed by atoms with E-state index in [9.17, 15) is 14.4 Å². The standard InChI is InChI=1S/C21H19FN4O/c22-17-8-9-19-18(12-17)20(27)26(14-16-7-3-2-6-15(16)13-23)21(24-19)25-10-4-1-5-11-25/h2-3,6-9,12H,1,4-5,10-11,14H2. The minimum absolute atomic E-state index is 0.230. The molecule has 3 aromatic rings. The zero-order valence-electron chi connectivity index (χ0n) is 14.9. The van der Waals surface area contributed by atoms with Crippen LogP contribution in [0.1, 0.15) is 30.4 Å². The van der Waals surface area contributed by atoms with E-state index < -0.39 is 5.82 Å². The van der Waals surface area contributed by atoms with E-state index in [2.05, 4.69) is 11.0 Å². The fraction of sp³-hybridized carbons (Fsp3) is 0.286. The maximum Gasteiger partial charge on any atom is 0.263 e. The van der Waals surface area contributed by atoms with Crippen LogP contribution in [0.4, 0.5) is 10.3 Å². The van der Waals surface area contributed by atoms with Gasteiger partial charge in [-0.2, -0.15) is 5.26 Å². The maximum absolute atomic E-state index is 13.7. The van der Waals surface area contributed by atoms with E-state index >= 15 is 0 Å². The number of benzene rings is 2. The largest absolute Gasteiger partial charge is 0.342 e. The van der Waals surface area contributed by atoms with Gasteiger partial charge in [-0.3, -0.25) is 9.36 Å². The van der Waals surface area contributed by atoms with E-state index in [-0.39, 0.29) is 17.5 Å². The highest BCUT2D eigenvalue weighted by Crippen LogP contribution is 2.21. The predicted octanol–water partition coefficient (Wildman–Crippen LogP) is 3.45. The average Bonchev–Trinajstić information content (AvgIpc) is 2.71. The quantitative estimate of drug-likeness (QED) is 0.716. The van der Waals surface area contributed by atoms with Crippen molar-refractivity contribution in [2.75, 3.05) is 18.0 Å². The summed E-state index contributed by atoms with van der Waals surface area (Å²) >= 11 is 0. The molecule has 2 aromatic carbocycles. The maximum atomic E-state index is 13.7. The Morgan fingerprint density at radius 1 is 1.11 bits per heavy atom. The van der Waals surface area contributed by atoms with Gasteiger partial charge in [0.2, 0.25) is 5.95 Å². The summed E-state index contributed by atoms with van der Waals surface area (Å²) in [5.74, 6) is 0.127. The van der Waals surface area contributed by atoms with Crippen LogP contribution in [-0.2, 0) is 6.54 Å². The van der Waals surface area contributed by atoms with E-state index in [0.29, 0.717) is 17.0 Å². The lowest BCUT2D eigenvalue weighted by atomic mass is 10.1. The van der Waals surface area contributed by atoms with Gasteiger partial charge in [0, 0.05) is 13.1 Å². The highest BCUT2D eigenvalue weighted by atomic mass is 19.1. The number of hydrogen-bond acceptors (Lipinski definition) is 4. The predicted molar refractivity (Wildman–Crippen MR) is 102 cm³/mol. The monoisotopic (exact) mass is 362 g/mol. The highest BCUT2D eigenvalue weighted by Gasteiger charge is 2.20. The van der Waals surface area contributed by atoms with Gasteiger partial charge in [-0.15, -0.1) is 0 Å². The molecule has 1 aliphatic rings. The second-order valence-electron chi connectivity index (χ2n) is 6.78. The Labute approximate surface area is 156 Å². The Morgan fingerprint density at radius 3 is 2.67 bits per heavy atom. The lowest BCUT2D eigenvalue weighted by molar-refractivity contribution is 0.553. The average molecular weight is 362 g/mol. The number of rotatable bonds is 3. The Morgan fingerprint density at radius 2 is 1.89 bits per heavy atom. The van der Waals surface area contributed by atoms with Crippen molar-refractivity contribution in [3.63, 3.8) is 0 Å². The number of nitriles is 1. The van der Waals surface area contributed by atoms with Gasteiger partial charge in [-0.25, -0.2) is 9.37 Å². The van der Waals surface area contributed by atoms with Crippen LogP contribution < -0.4 is 10.5 Å². The molecule has 0 N–H and O–H groups in total. The molecular formula is C21H19FN4O. The van der Waals surface area contributed by atoms with Crippen LogP contribution in [0.15, 0.2) is 47.3 Å². The first-order valence-electron chi connectivity index (χ1n) is 9.10. The van der Waals surface area contributed by atoms with Gasteiger partial charge in [0.15, 0.2) is 0 Å². The molecule has 0 saturated carbocycles. The van der Waals surface area contributed by atoms with Crippen molar-refractivity contribution < 1.29 is 4.39 Å². The summed E-state index contributed by atoms with van der Waals surface area (Å²) in [6, 6.07) is 13.5. The second kappa shape index (κ2) is 7.20. The Hall–Kier alpha value is -3.20. The molecule has 136 valence electrons. The third kappa shape index (κ3) is 3.28. The van der Waals surface area contributed by atoms with Crippen molar-refractivity contribution >= 4 is 16.9 Å². The Balaban J connectivity index is 1.91. The van der Waals surface area contributed by atoms with Gasteiger partial charge in [-0.05, 0) is 49.1 Å². The van der Waals surface area contributed by atoms with Gasteiger partial charge in [0.05, 0.1) is 29.1 Å². The summed E-state index contributed by atoms with van der Waals surface area (Å²) < 4.78 is 15.3. The zero-order valence-corrected chi connectivity index (χ0v) is 14.9. The summed E-state index contributed by atoms with van der Waals surface area (Å²) in [4.78, 5) is 20.0. The second-order valence-corrected chi connectivity index (χ2v) is 6.78. The molecule has 27 heavy (non-hydrogen) atoms. The molecule has 1 saturated heterocycles. The van der Waals surface area contributed by atoms with E-state index in [1.54, 1.807) is 22.8 Å². The van der Waals surface area contributed by atoms with Crippen LogP contribution >= 0.6 is 0 Å². The first-order valence-corrected chi connectivity index (χ1v) is 9.10. The SMILES string of the molecule is N#Cc1ccccc1Cn1c(N2CCCCC2)nc2ccc(F)cc2c1=O. The van der Waals surface area contributed by atoms with Gasteiger partial charge in [0.1, 0.15) is 5.82 Å². The number of hydrogen-bond donors (Lipinski definition) is 0. The molecule has 0 amide bonds. The number of piperidine rings is 1. The van der Waals surface area contributed by atoms with Crippen molar-refractivity contribution in [3.05, 3.63) is 69.8 Å². The summed E-state index contributed by atoms with van der Waals surface area (Å²) in [6.07, 6.45) is 3.26. The Kier molecular flexibility index (Phi) is 4.59. The lowest BCUT2D eigenvalue weighted by Crippen LogP contribution is -2.36. The third-order valence-electron chi connectivity index (χ3n) is 5.00. The fourth-order valence-corrected chi connectivity index (χ4v) is 3.60. The van der Waals surface area contributed by atoms with Gasteiger partial charge in [0.25, 0.3) is 5.56 Å². The normalized spacial score (nSPS) is 14.3. The molecule has 6 heteroatoms.